The Balaban J connectivity index is 1.83. The Morgan fingerprint density at radius 2 is 1.88 bits per heavy atom. The van der Waals surface area contributed by atoms with Gasteiger partial charge in [0.1, 0.15) is 4.70 Å². The second-order valence-corrected chi connectivity index (χ2v) is 13.2. The van der Waals surface area contributed by atoms with Crippen molar-refractivity contribution in [2.45, 2.75) is 42.1 Å². The Bertz CT molecular complexity index is 1290. The number of nitrogens with one attached hydrogen (secondary N) is 1. The normalized spacial score (nSPS) is 13.5. The van der Waals surface area contributed by atoms with Gasteiger partial charge in [0.05, 0.1) is 17.5 Å². The van der Waals surface area contributed by atoms with Gasteiger partial charge in [0.25, 0.3) is 0 Å². The monoisotopic (exact) mass is 547 g/mol. The fourth-order valence-electron chi connectivity index (χ4n) is 3.08. The van der Waals surface area contributed by atoms with E-state index in [9.17, 15) is 13.0 Å². The van der Waals surface area contributed by atoms with Crippen LogP contribution in [0.5, 0.6) is 0 Å². The molecule has 186 valence electrons. The van der Waals surface area contributed by atoms with Crippen LogP contribution in [-0.4, -0.2) is 52.1 Å². The molecule has 0 saturated carbocycles. The van der Waals surface area contributed by atoms with Crippen LogP contribution in [0, 0.1) is 5.92 Å². The minimum atomic E-state index is -4.62. The van der Waals surface area contributed by atoms with Crippen molar-refractivity contribution in [3.63, 3.8) is 0 Å². The smallest absolute Gasteiger partial charge is 0.375 e. The summed E-state index contributed by atoms with van der Waals surface area (Å²) in [7, 11) is -7.89. The lowest BCUT2D eigenvalue weighted by Gasteiger charge is -2.21. The number of nitrogen functional groups attached to an aromatic ring is 1. The van der Waals surface area contributed by atoms with Crippen LogP contribution in [0.2, 0.25) is 0 Å². The number of thiazole rings is 1. The van der Waals surface area contributed by atoms with Gasteiger partial charge in [-0.1, -0.05) is 49.1 Å². The zero-order valence-corrected chi connectivity index (χ0v) is 22.0. The molecule has 0 fully saturated rings. The van der Waals surface area contributed by atoms with Gasteiger partial charge in [-0.25, -0.2) is 27.9 Å². The molecule has 1 unspecified atom stereocenters. The number of rotatable bonds is 11. The maximum atomic E-state index is 11.6. The molecule has 0 aliphatic rings. The molecule has 3 aromatic rings. The molecule has 2 heterocycles. The number of hydrogen-bond donors (Lipinski definition) is 4. The lowest BCUT2D eigenvalue weighted by molar-refractivity contribution is 0.184. The topological polar surface area (TPSA) is 178 Å². The van der Waals surface area contributed by atoms with Gasteiger partial charge in [0.15, 0.2) is 31.6 Å². The lowest BCUT2D eigenvalue weighted by Crippen LogP contribution is -2.27. The summed E-state index contributed by atoms with van der Waals surface area (Å²) in [6, 6.07) is 6.16. The zero-order chi connectivity index (χ0) is 25.1. The van der Waals surface area contributed by atoms with E-state index in [0.717, 1.165) is 11.8 Å². The lowest BCUT2D eigenvalue weighted by atomic mass is 10.0. The Kier molecular flexibility index (Phi) is 8.56. The maximum absolute atomic E-state index is 11.6. The van der Waals surface area contributed by atoms with Crippen molar-refractivity contribution in [1.82, 2.24) is 15.0 Å². The molecule has 0 aliphatic carbocycles. The van der Waals surface area contributed by atoms with Crippen molar-refractivity contribution < 1.29 is 27.3 Å². The number of anilines is 2. The molecule has 1 atom stereocenters. The summed E-state index contributed by atoms with van der Waals surface area (Å²) < 4.78 is 39.8. The summed E-state index contributed by atoms with van der Waals surface area (Å²) >= 11 is 2.55. The molecule has 1 aromatic carbocycles. The van der Waals surface area contributed by atoms with Crippen molar-refractivity contribution in [3.8, 4) is 0 Å². The number of phosphoric acid groups is 1. The van der Waals surface area contributed by atoms with Gasteiger partial charge < -0.3 is 20.8 Å². The van der Waals surface area contributed by atoms with Crippen LogP contribution in [-0.2, 0) is 24.7 Å². The van der Waals surface area contributed by atoms with Crippen LogP contribution < -0.4 is 11.1 Å². The largest absolute Gasteiger partial charge is 0.469 e. The molecule has 0 saturated heterocycles. The Morgan fingerprint density at radius 1 is 1.21 bits per heavy atom. The number of hydrogen-bond acceptors (Lipinski definition) is 11. The quantitative estimate of drug-likeness (QED) is 0.157. The van der Waals surface area contributed by atoms with Gasteiger partial charge in [-0.2, -0.15) is 0 Å². The maximum Gasteiger partial charge on any atom is 0.469 e. The third-order valence-electron chi connectivity index (χ3n) is 4.51. The summed E-state index contributed by atoms with van der Waals surface area (Å²) in [5, 5.41) is 3.96. The molecule has 0 spiro atoms. The van der Waals surface area contributed by atoms with Crippen LogP contribution in [0.3, 0.4) is 0 Å². The van der Waals surface area contributed by atoms with Crippen molar-refractivity contribution in [2.24, 2.45) is 5.92 Å². The first-order valence-electron chi connectivity index (χ1n) is 10.1. The average Bonchev–Trinajstić information content (AvgIpc) is 3.09. The summed E-state index contributed by atoms with van der Waals surface area (Å²) in [5.74, 6) is 1.17. The number of nitrogens with two attached hydrogens (primary N) is 1. The van der Waals surface area contributed by atoms with Gasteiger partial charge in [-0.05, 0) is 30.0 Å². The molecule has 3 rings (SSSR count). The molecular weight excluding hydrogens is 521 g/mol. The van der Waals surface area contributed by atoms with Gasteiger partial charge in [0, 0.05) is 12.0 Å². The summed E-state index contributed by atoms with van der Waals surface area (Å²) in [6.45, 7) is 3.77. The first kappa shape index (κ1) is 26.8. The standard InChI is InChI=1S/C19H26N5O6PS3/c1-11(2)8-13(9-30-31(25,26)27)21-16-15-17(22-18(20)33-15)24-19(23-16)32-10-12-4-6-14(7-5-12)34(3,28)29/h4-7,11,13H,8-10H2,1-3H3,(H2,25,26,27)(H3,20,21,22,23,24). The van der Waals surface area contributed by atoms with E-state index >= 15 is 0 Å². The number of thioether (sulfide) groups is 1. The van der Waals surface area contributed by atoms with Crippen LogP contribution in [0.1, 0.15) is 25.8 Å². The van der Waals surface area contributed by atoms with Crippen LogP contribution in [0.4, 0.5) is 10.9 Å². The predicted molar refractivity (Wildman–Crippen MR) is 134 cm³/mol. The first-order chi connectivity index (χ1) is 15.8. The number of phosphoric ester groups is 1. The number of fused-ring (bicyclic) bond motifs is 1. The van der Waals surface area contributed by atoms with E-state index in [2.05, 4.69) is 20.3 Å². The van der Waals surface area contributed by atoms with E-state index in [1.165, 1.54) is 23.1 Å². The molecule has 0 amide bonds. The van der Waals surface area contributed by atoms with Crippen molar-refractivity contribution in [3.05, 3.63) is 29.8 Å². The molecule has 5 N–H and O–H groups in total. The highest BCUT2D eigenvalue weighted by molar-refractivity contribution is 7.98. The Morgan fingerprint density at radius 3 is 2.47 bits per heavy atom. The molecule has 15 heteroatoms. The van der Waals surface area contributed by atoms with Crippen LogP contribution in [0.15, 0.2) is 34.3 Å². The van der Waals surface area contributed by atoms with Gasteiger partial charge in [-0.15, -0.1) is 0 Å². The third-order valence-corrected chi connectivity index (χ3v) is 7.92. The predicted octanol–water partition coefficient (Wildman–Crippen LogP) is 3.30. The first-order valence-corrected chi connectivity index (χ1v) is 15.3. The van der Waals surface area contributed by atoms with E-state index in [0.29, 0.717) is 38.6 Å². The Hall–Kier alpha value is -1.80. The molecule has 2 aromatic heterocycles. The second kappa shape index (κ2) is 10.9. The number of nitrogens with zero attached hydrogens (tertiary/aromatic N) is 3. The molecule has 0 bridgehead atoms. The highest BCUT2D eigenvalue weighted by Gasteiger charge is 2.22. The van der Waals surface area contributed by atoms with E-state index in [1.807, 2.05) is 13.8 Å². The van der Waals surface area contributed by atoms with E-state index in [1.54, 1.807) is 24.3 Å². The van der Waals surface area contributed by atoms with Crippen molar-refractivity contribution >= 4 is 62.1 Å². The van der Waals surface area contributed by atoms with E-state index < -0.39 is 23.7 Å². The summed E-state index contributed by atoms with van der Waals surface area (Å²) in [4.78, 5) is 31.7. The summed E-state index contributed by atoms with van der Waals surface area (Å²) in [5.41, 5.74) is 7.18. The van der Waals surface area contributed by atoms with Crippen LogP contribution >= 0.6 is 30.9 Å². The average molecular weight is 548 g/mol. The highest BCUT2D eigenvalue weighted by Crippen LogP contribution is 2.37. The minimum Gasteiger partial charge on any atom is -0.375 e. The summed E-state index contributed by atoms with van der Waals surface area (Å²) in [6.07, 6.45) is 1.74. The molecular formula is C19H26N5O6PS3. The van der Waals surface area contributed by atoms with Crippen molar-refractivity contribution in [2.75, 3.05) is 23.9 Å². The highest BCUT2D eigenvalue weighted by atomic mass is 32.2. The molecule has 11 nitrogen and oxygen atoms in total. The third kappa shape index (κ3) is 7.87. The number of benzene rings is 1. The van der Waals surface area contributed by atoms with Gasteiger partial charge >= 0.3 is 7.82 Å². The van der Waals surface area contributed by atoms with Crippen molar-refractivity contribution in [1.29, 1.82) is 0 Å². The molecule has 34 heavy (non-hydrogen) atoms. The van der Waals surface area contributed by atoms with Gasteiger partial charge in [-0.3, -0.25) is 4.52 Å². The fourth-order valence-corrected chi connectivity index (χ4v) is 5.61. The molecule has 0 radical (unpaired) electrons. The Labute approximate surface area is 205 Å². The zero-order valence-electron chi connectivity index (χ0n) is 18.7. The van der Waals surface area contributed by atoms with E-state index in [-0.39, 0.29) is 17.4 Å². The molecule has 0 aliphatic heterocycles. The van der Waals surface area contributed by atoms with Gasteiger partial charge in [0.2, 0.25) is 0 Å². The number of aromatic nitrogens is 3. The van der Waals surface area contributed by atoms with E-state index in [4.69, 9.17) is 20.0 Å². The fraction of sp³-hybridized carbons (Fsp3) is 0.421. The van der Waals surface area contributed by atoms with Crippen LogP contribution in [0.25, 0.3) is 10.3 Å². The minimum absolute atomic E-state index is 0.211. The second-order valence-electron chi connectivity index (χ2n) is 8.02. The number of sulfone groups is 1. The SMILES string of the molecule is CC(C)CC(COP(=O)(O)O)Nc1nc(SCc2ccc(S(C)(=O)=O)cc2)nc2nc(N)sc12.